The van der Waals surface area contributed by atoms with Gasteiger partial charge in [-0.05, 0) is 40.0 Å². The molecule has 0 heterocycles. The van der Waals surface area contributed by atoms with Crippen LogP contribution in [-0.2, 0) is 4.79 Å². The van der Waals surface area contributed by atoms with Crippen molar-refractivity contribution >= 4 is 5.97 Å². The molecule has 0 amide bonds. The molecule has 0 spiro atoms. The number of hydrogen-bond donors (Lipinski definition) is 1. The maximum absolute atomic E-state index is 10.2. The Labute approximate surface area is 86.3 Å². The van der Waals surface area contributed by atoms with Crippen LogP contribution in [0.4, 0.5) is 0 Å². The van der Waals surface area contributed by atoms with Crippen molar-refractivity contribution in [1.82, 2.24) is 0 Å². The van der Waals surface area contributed by atoms with Crippen molar-refractivity contribution in [3.8, 4) is 0 Å². The van der Waals surface area contributed by atoms with Gasteiger partial charge in [0.1, 0.15) is 0 Å². The Morgan fingerprint density at radius 1 is 1.07 bits per heavy atom. The van der Waals surface area contributed by atoms with Crippen LogP contribution in [0.25, 0.3) is 0 Å². The summed E-state index contributed by atoms with van der Waals surface area (Å²) in [4.78, 5) is 10.2. The third-order valence-electron chi connectivity index (χ3n) is 1.94. The summed E-state index contributed by atoms with van der Waals surface area (Å²) >= 11 is 0. The van der Waals surface area contributed by atoms with Gasteiger partial charge in [-0.3, -0.25) is 4.79 Å². The molecule has 0 atom stereocenters. The van der Waals surface area contributed by atoms with Crippen LogP contribution in [-0.4, -0.2) is 11.1 Å². The van der Waals surface area contributed by atoms with E-state index in [0.29, 0.717) is 6.42 Å². The topological polar surface area (TPSA) is 37.3 Å². The van der Waals surface area contributed by atoms with Gasteiger partial charge in [0.05, 0.1) is 0 Å². The molecule has 2 heteroatoms. The standard InChI is InChI=1S/C12H20O2/c1-10(2)6-4-7-11(3)8-5-9-12(13)14/h6,8H,4-5,7,9H2,1-3H3,(H,13,14)/b11-8-. The number of carboxylic acids is 1. The van der Waals surface area contributed by atoms with Gasteiger partial charge in [0.25, 0.3) is 0 Å². The third kappa shape index (κ3) is 9.04. The van der Waals surface area contributed by atoms with Gasteiger partial charge in [-0.25, -0.2) is 0 Å². The molecular weight excluding hydrogens is 176 g/mol. The first-order chi connectivity index (χ1) is 6.52. The summed E-state index contributed by atoms with van der Waals surface area (Å²) in [6.07, 6.45) is 7.19. The Bertz CT molecular complexity index is 233. The smallest absolute Gasteiger partial charge is 0.303 e. The molecule has 0 aliphatic rings. The summed E-state index contributed by atoms with van der Waals surface area (Å²) in [5.41, 5.74) is 2.62. The lowest BCUT2D eigenvalue weighted by Crippen LogP contribution is -1.92. The second kappa shape index (κ2) is 7.36. The first-order valence-corrected chi connectivity index (χ1v) is 5.03. The first-order valence-electron chi connectivity index (χ1n) is 5.03. The summed E-state index contributed by atoms with van der Waals surface area (Å²) in [5, 5.41) is 8.44. The molecule has 0 saturated heterocycles. The molecule has 0 aromatic heterocycles. The molecule has 0 radical (unpaired) electrons. The highest BCUT2D eigenvalue weighted by molar-refractivity contribution is 5.66. The maximum Gasteiger partial charge on any atom is 0.303 e. The second-order valence-electron chi connectivity index (χ2n) is 3.80. The molecule has 1 N–H and O–H groups in total. The SMILES string of the molecule is CC(C)=CCC/C(C)=C\CCC(=O)O. The summed E-state index contributed by atoms with van der Waals surface area (Å²) in [6.45, 7) is 6.23. The fraction of sp³-hybridized carbons (Fsp3) is 0.583. The Morgan fingerprint density at radius 2 is 1.64 bits per heavy atom. The number of aliphatic carboxylic acids is 1. The molecule has 0 aromatic carbocycles. The highest BCUT2D eigenvalue weighted by Crippen LogP contribution is 2.08. The molecule has 0 unspecified atom stereocenters. The molecule has 0 aromatic rings. The summed E-state index contributed by atoms with van der Waals surface area (Å²) < 4.78 is 0. The van der Waals surface area contributed by atoms with Crippen molar-refractivity contribution in [3.63, 3.8) is 0 Å². The maximum atomic E-state index is 10.2. The van der Waals surface area contributed by atoms with E-state index in [-0.39, 0.29) is 6.42 Å². The molecule has 0 rings (SSSR count). The normalized spacial score (nSPS) is 11.2. The van der Waals surface area contributed by atoms with Crippen molar-refractivity contribution in [2.45, 2.75) is 46.5 Å². The van der Waals surface area contributed by atoms with E-state index in [1.165, 1.54) is 11.1 Å². The average Bonchev–Trinajstić information content (AvgIpc) is 2.02. The number of hydrogen-bond acceptors (Lipinski definition) is 1. The summed E-state index contributed by atoms with van der Waals surface area (Å²) in [6, 6.07) is 0. The quantitative estimate of drug-likeness (QED) is 0.660. The Hall–Kier alpha value is -1.05. The van der Waals surface area contributed by atoms with E-state index in [1.807, 2.05) is 6.08 Å². The molecule has 0 fully saturated rings. The van der Waals surface area contributed by atoms with Crippen molar-refractivity contribution in [1.29, 1.82) is 0 Å². The van der Waals surface area contributed by atoms with E-state index in [0.717, 1.165) is 12.8 Å². The number of rotatable bonds is 6. The zero-order chi connectivity index (χ0) is 11.0. The highest BCUT2D eigenvalue weighted by atomic mass is 16.4. The molecule has 0 aliphatic heterocycles. The van der Waals surface area contributed by atoms with E-state index in [1.54, 1.807) is 0 Å². The van der Waals surface area contributed by atoms with Crippen LogP contribution < -0.4 is 0 Å². The lowest BCUT2D eigenvalue weighted by atomic mass is 10.1. The van der Waals surface area contributed by atoms with Gasteiger partial charge in [0.2, 0.25) is 0 Å². The molecule has 0 bridgehead atoms. The highest BCUT2D eigenvalue weighted by Gasteiger charge is 1.94. The lowest BCUT2D eigenvalue weighted by Gasteiger charge is -1.98. The monoisotopic (exact) mass is 196 g/mol. The third-order valence-corrected chi connectivity index (χ3v) is 1.94. The number of carbonyl (C=O) groups is 1. The van der Waals surface area contributed by atoms with Crippen LogP contribution in [0.2, 0.25) is 0 Å². The van der Waals surface area contributed by atoms with Crippen molar-refractivity contribution in [2.75, 3.05) is 0 Å². The van der Waals surface area contributed by atoms with Crippen LogP contribution in [0.3, 0.4) is 0 Å². The molecular formula is C12H20O2. The van der Waals surface area contributed by atoms with Gasteiger partial charge in [-0.2, -0.15) is 0 Å². The molecule has 14 heavy (non-hydrogen) atoms. The molecule has 2 nitrogen and oxygen atoms in total. The minimum Gasteiger partial charge on any atom is -0.481 e. The molecule has 0 saturated carbocycles. The largest absolute Gasteiger partial charge is 0.481 e. The van der Waals surface area contributed by atoms with Crippen LogP contribution >= 0.6 is 0 Å². The fourth-order valence-corrected chi connectivity index (χ4v) is 1.13. The lowest BCUT2D eigenvalue weighted by molar-refractivity contribution is -0.136. The van der Waals surface area contributed by atoms with Crippen molar-refractivity contribution in [2.24, 2.45) is 0 Å². The number of allylic oxidation sites excluding steroid dienone is 4. The van der Waals surface area contributed by atoms with Crippen molar-refractivity contribution < 1.29 is 9.90 Å². The first kappa shape index (κ1) is 12.9. The van der Waals surface area contributed by atoms with E-state index in [9.17, 15) is 4.79 Å². The van der Waals surface area contributed by atoms with Crippen LogP contribution in [0.1, 0.15) is 46.5 Å². The number of carboxylic acid groups (broad SMARTS) is 1. The van der Waals surface area contributed by atoms with Gasteiger partial charge in [0.15, 0.2) is 0 Å². The second-order valence-corrected chi connectivity index (χ2v) is 3.80. The Kier molecular flexibility index (Phi) is 6.81. The predicted octanol–water partition coefficient (Wildman–Crippen LogP) is 3.54. The average molecular weight is 196 g/mol. The molecule has 80 valence electrons. The van der Waals surface area contributed by atoms with E-state index in [2.05, 4.69) is 26.8 Å². The van der Waals surface area contributed by atoms with Gasteiger partial charge in [0, 0.05) is 6.42 Å². The Balaban J connectivity index is 3.67. The zero-order valence-corrected chi connectivity index (χ0v) is 9.34. The van der Waals surface area contributed by atoms with E-state index in [4.69, 9.17) is 5.11 Å². The van der Waals surface area contributed by atoms with Gasteiger partial charge >= 0.3 is 5.97 Å². The van der Waals surface area contributed by atoms with Crippen LogP contribution in [0.5, 0.6) is 0 Å². The summed E-state index contributed by atoms with van der Waals surface area (Å²) in [5.74, 6) is -0.724. The minimum atomic E-state index is -0.724. The molecule has 0 aliphatic carbocycles. The van der Waals surface area contributed by atoms with Crippen LogP contribution in [0.15, 0.2) is 23.3 Å². The Morgan fingerprint density at radius 3 is 2.14 bits per heavy atom. The predicted molar refractivity (Wildman–Crippen MR) is 59.3 cm³/mol. The van der Waals surface area contributed by atoms with Crippen LogP contribution in [0, 0.1) is 0 Å². The zero-order valence-electron chi connectivity index (χ0n) is 9.34. The summed E-state index contributed by atoms with van der Waals surface area (Å²) in [7, 11) is 0. The van der Waals surface area contributed by atoms with E-state index < -0.39 is 5.97 Å². The minimum absolute atomic E-state index is 0.236. The van der Waals surface area contributed by atoms with Gasteiger partial charge < -0.3 is 5.11 Å². The van der Waals surface area contributed by atoms with Gasteiger partial charge in [-0.1, -0.05) is 23.3 Å². The van der Waals surface area contributed by atoms with Gasteiger partial charge in [-0.15, -0.1) is 0 Å². The van der Waals surface area contributed by atoms with Crippen molar-refractivity contribution in [3.05, 3.63) is 23.3 Å². The fourth-order valence-electron chi connectivity index (χ4n) is 1.13. The van der Waals surface area contributed by atoms with E-state index >= 15 is 0 Å².